The minimum absolute atomic E-state index is 0.0468. The predicted molar refractivity (Wildman–Crippen MR) is 136 cm³/mol. The van der Waals surface area contributed by atoms with Gasteiger partial charge < -0.3 is 19.5 Å². The number of imidazole rings is 1. The Morgan fingerprint density at radius 2 is 1.86 bits per heavy atom. The smallest absolute Gasteiger partial charge is 0.309 e. The monoisotopic (exact) mass is 484 g/mol. The molecule has 1 aromatic heterocycles. The molecule has 0 aliphatic carbocycles. The number of Topliss-reactive ketones (excluding diaryl/α,β-unsaturated/α-hetero) is 1. The van der Waals surface area contributed by atoms with Crippen LogP contribution in [-0.2, 0) is 21.4 Å². The van der Waals surface area contributed by atoms with Crippen molar-refractivity contribution in [2.45, 2.75) is 85.0 Å². The highest BCUT2D eigenvalue weighted by atomic mass is 16.5. The highest BCUT2D eigenvalue weighted by Crippen LogP contribution is 2.33. The molecule has 1 aliphatic heterocycles. The summed E-state index contributed by atoms with van der Waals surface area (Å²) in [7, 11) is 1.96. The molecule has 3 rings (SSSR count). The minimum Gasteiger partial charge on any atom is -0.457 e. The number of allylic oxidation sites excluding steroid dienone is 1. The van der Waals surface area contributed by atoms with Crippen LogP contribution in [0.3, 0.4) is 0 Å². The summed E-state index contributed by atoms with van der Waals surface area (Å²) in [4.78, 5) is 30.7. The number of carbonyl (C=O) groups excluding carboxylic acids is 2. The first-order valence-corrected chi connectivity index (χ1v) is 12.6. The van der Waals surface area contributed by atoms with Gasteiger partial charge in [0.1, 0.15) is 17.7 Å². The highest BCUT2D eigenvalue weighted by molar-refractivity contribution is 5.88. The maximum absolute atomic E-state index is 13.2. The number of hydrogen-bond donors (Lipinski definition) is 2. The molecule has 0 unspecified atom stereocenters. The van der Waals surface area contributed by atoms with Crippen LogP contribution < -0.4 is 0 Å². The molecular formula is C28H40N2O5. The van der Waals surface area contributed by atoms with Gasteiger partial charge in [-0.2, -0.15) is 0 Å². The molecule has 2 aromatic rings. The molecule has 0 amide bonds. The second kappa shape index (κ2) is 11.0. The number of nitrogens with zero attached hydrogens (tertiary/aromatic N) is 2. The van der Waals surface area contributed by atoms with Crippen LogP contribution in [0, 0.1) is 24.2 Å². The van der Waals surface area contributed by atoms with E-state index in [9.17, 15) is 19.8 Å². The summed E-state index contributed by atoms with van der Waals surface area (Å²) in [5.41, 5.74) is 1.48. The van der Waals surface area contributed by atoms with Gasteiger partial charge in [-0.3, -0.25) is 9.59 Å². The lowest BCUT2D eigenvalue weighted by molar-refractivity contribution is -0.155. The van der Waals surface area contributed by atoms with Crippen LogP contribution in [0.1, 0.15) is 77.3 Å². The number of aliphatic hydroxyl groups excluding tert-OH is 2. The molecule has 7 nitrogen and oxygen atoms in total. The summed E-state index contributed by atoms with van der Waals surface area (Å²) in [6, 6.07) is 5.87. The Hall–Kier alpha value is -2.51. The van der Waals surface area contributed by atoms with Crippen LogP contribution in [0.5, 0.6) is 0 Å². The summed E-state index contributed by atoms with van der Waals surface area (Å²) in [6.45, 7) is 8.85. The third-order valence-corrected chi connectivity index (χ3v) is 7.66. The van der Waals surface area contributed by atoms with Gasteiger partial charge in [0, 0.05) is 19.4 Å². The number of esters is 1. The van der Waals surface area contributed by atoms with Crippen LogP contribution in [0.15, 0.2) is 30.4 Å². The number of rotatable bonds is 1. The van der Waals surface area contributed by atoms with Crippen molar-refractivity contribution in [1.82, 2.24) is 9.55 Å². The molecule has 0 saturated heterocycles. The average Bonchev–Trinajstić information content (AvgIpc) is 3.10. The fourth-order valence-corrected chi connectivity index (χ4v) is 4.87. The number of ether oxygens (including phenoxy) is 1. The number of carbonyl (C=O) groups is 2. The molecule has 1 aliphatic rings. The Morgan fingerprint density at radius 3 is 2.57 bits per heavy atom. The Kier molecular flexibility index (Phi) is 8.54. The number of ketones is 1. The lowest BCUT2D eigenvalue weighted by Crippen LogP contribution is -2.45. The Bertz CT molecular complexity index is 1090. The van der Waals surface area contributed by atoms with Crippen LogP contribution in [-0.4, -0.2) is 43.7 Å². The molecule has 35 heavy (non-hydrogen) atoms. The number of benzene rings is 1. The molecule has 0 fully saturated rings. The van der Waals surface area contributed by atoms with E-state index in [4.69, 9.17) is 4.74 Å². The van der Waals surface area contributed by atoms with Crippen LogP contribution in [0.4, 0.5) is 0 Å². The number of hydrogen-bond acceptors (Lipinski definition) is 6. The first kappa shape index (κ1) is 27.1. The van der Waals surface area contributed by atoms with E-state index >= 15 is 0 Å². The van der Waals surface area contributed by atoms with E-state index in [-0.39, 0.29) is 18.1 Å². The van der Waals surface area contributed by atoms with Gasteiger partial charge >= 0.3 is 5.97 Å². The number of aromatic nitrogens is 2. The van der Waals surface area contributed by atoms with Gasteiger partial charge in [0.05, 0.1) is 35.1 Å². The van der Waals surface area contributed by atoms with Crippen molar-refractivity contribution in [3.05, 3.63) is 41.7 Å². The SMILES string of the molecule is Cc1nc2cc([C@@H]3C/C=C\CCC[C@H](C)[C@H](O)[C@@H](C)C(=O)C(C)(C)[C@@H](O)CC(=O)O3)ccc2n1C. The van der Waals surface area contributed by atoms with Gasteiger partial charge in [0.25, 0.3) is 0 Å². The summed E-state index contributed by atoms with van der Waals surface area (Å²) < 4.78 is 7.85. The molecule has 1 aromatic carbocycles. The molecule has 192 valence electrons. The maximum atomic E-state index is 13.2. The molecule has 7 heteroatoms. The first-order chi connectivity index (χ1) is 16.4. The largest absolute Gasteiger partial charge is 0.457 e. The Morgan fingerprint density at radius 1 is 1.14 bits per heavy atom. The predicted octanol–water partition coefficient (Wildman–Crippen LogP) is 4.58. The summed E-state index contributed by atoms with van der Waals surface area (Å²) in [6.07, 6.45) is 4.24. The number of aryl methyl sites for hydroxylation is 2. The quantitative estimate of drug-likeness (QED) is 0.454. The average molecular weight is 485 g/mol. The molecule has 2 N–H and O–H groups in total. The van der Waals surface area contributed by atoms with Crippen molar-refractivity contribution in [2.75, 3.05) is 0 Å². The van der Waals surface area contributed by atoms with Crippen molar-refractivity contribution in [3.8, 4) is 0 Å². The van der Waals surface area contributed by atoms with Crippen LogP contribution >= 0.6 is 0 Å². The lowest BCUT2D eigenvalue weighted by Gasteiger charge is -2.34. The zero-order valence-electron chi connectivity index (χ0n) is 21.8. The topological polar surface area (TPSA) is 102 Å². The molecule has 0 bridgehead atoms. The van der Waals surface area contributed by atoms with E-state index in [1.165, 1.54) is 0 Å². The van der Waals surface area contributed by atoms with Gasteiger partial charge in [-0.05, 0) is 49.8 Å². The lowest BCUT2D eigenvalue weighted by atomic mass is 9.73. The minimum atomic E-state index is -1.22. The van der Waals surface area contributed by atoms with Crippen LogP contribution in [0.25, 0.3) is 11.0 Å². The second-order valence-corrected chi connectivity index (χ2v) is 10.6. The fourth-order valence-electron chi connectivity index (χ4n) is 4.87. The van der Waals surface area contributed by atoms with Crippen molar-refractivity contribution in [3.63, 3.8) is 0 Å². The van der Waals surface area contributed by atoms with Crippen molar-refractivity contribution in [1.29, 1.82) is 0 Å². The maximum Gasteiger partial charge on any atom is 0.309 e. The normalized spacial score (nSPS) is 30.2. The van der Waals surface area contributed by atoms with E-state index in [0.717, 1.165) is 41.7 Å². The van der Waals surface area contributed by atoms with Gasteiger partial charge in [-0.15, -0.1) is 0 Å². The number of fused-ring (bicyclic) bond motifs is 1. The van der Waals surface area contributed by atoms with Gasteiger partial charge in [-0.25, -0.2) is 4.98 Å². The van der Waals surface area contributed by atoms with Crippen LogP contribution in [0.2, 0.25) is 0 Å². The molecule has 0 radical (unpaired) electrons. The van der Waals surface area contributed by atoms with Gasteiger partial charge in [-0.1, -0.05) is 45.9 Å². The zero-order valence-corrected chi connectivity index (χ0v) is 21.8. The Labute approximate surface area is 208 Å². The fraction of sp³-hybridized carbons (Fsp3) is 0.607. The molecule has 5 atom stereocenters. The Balaban J connectivity index is 1.89. The van der Waals surface area contributed by atoms with E-state index in [2.05, 4.69) is 11.1 Å². The first-order valence-electron chi connectivity index (χ1n) is 12.6. The number of cyclic esters (lactones) is 1. The van der Waals surface area contributed by atoms with E-state index in [0.29, 0.717) is 6.42 Å². The third-order valence-electron chi connectivity index (χ3n) is 7.66. The standard InChI is InChI=1S/C28H40N2O5/c1-17-11-9-7-8-10-12-23(20-13-14-22-21(15-20)29-19(3)30(22)6)35-25(32)16-24(31)28(4,5)27(34)18(2)26(17)33/h8,10,13-15,17-18,23-24,26,31,33H,7,9,11-12,16H2,1-6H3/b10-8-/t17-,18+,23-,24-,26-/m0/s1. The van der Waals surface area contributed by atoms with E-state index in [1.54, 1.807) is 20.8 Å². The van der Waals surface area contributed by atoms with Gasteiger partial charge in [0.15, 0.2) is 0 Å². The summed E-state index contributed by atoms with van der Waals surface area (Å²) in [5, 5.41) is 21.6. The molecule has 2 heterocycles. The second-order valence-electron chi connectivity index (χ2n) is 10.6. The molecular weight excluding hydrogens is 444 g/mol. The summed E-state index contributed by atoms with van der Waals surface area (Å²) >= 11 is 0. The molecule has 0 saturated carbocycles. The summed E-state index contributed by atoms with van der Waals surface area (Å²) in [5.74, 6) is -0.611. The van der Waals surface area contributed by atoms with Crippen molar-refractivity contribution >= 4 is 22.8 Å². The van der Waals surface area contributed by atoms with E-state index < -0.39 is 35.6 Å². The number of aliphatic hydroxyl groups is 2. The third kappa shape index (κ3) is 6.01. The van der Waals surface area contributed by atoms with Gasteiger partial charge in [0.2, 0.25) is 0 Å². The molecule has 0 spiro atoms. The van der Waals surface area contributed by atoms with Crippen molar-refractivity contribution in [2.24, 2.45) is 24.3 Å². The highest BCUT2D eigenvalue weighted by Gasteiger charge is 2.42. The van der Waals surface area contributed by atoms with Crippen molar-refractivity contribution < 1.29 is 24.5 Å². The zero-order chi connectivity index (χ0) is 25.9. The van der Waals surface area contributed by atoms with E-state index in [1.807, 2.05) is 49.7 Å².